The molecule has 156 valence electrons. The summed E-state index contributed by atoms with van der Waals surface area (Å²) in [5.41, 5.74) is 0.795. The highest BCUT2D eigenvalue weighted by atomic mass is 19.1. The molecule has 1 saturated heterocycles. The third-order valence-electron chi connectivity index (χ3n) is 5.11. The predicted octanol–water partition coefficient (Wildman–Crippen LogP) is 5.21. The SMILES string of the molecule is C#CC1COC(CCc2cc(F)c(C#Cc3ccc4cc(F)ccc4c3)c(F)c2)OC1. The van der Waals surface area contributed by atoms with Crippen LogP contribution < -0.4 is 0 Å². The Labute approximate surface area is 179 Å². The highest BCUT2D eigenvalue weighted by molar-refractivity contribution is 5.84. The van der Waals surface area contributed by atoms with Gasteiger partial charge in [-0.3, -0.25) is 0 Å². The first kappa shape index (κ1) is 21.0. The summed E-state index contributed by atoms with van der Waals surface area (Å²) in [4.78, 5) is 0. The first-order chi connectivity index (χ1) is 15.0. The topological polar surface area (TPSA) is 18.5 Å². The van der Waals surface area contributed by atoms with Gasteiger partial charge in [-0.25, -0.2) is 13.2 Å². The summed E-state index contributed by atoms with van der Waals surface area (Å²) < 4.78 is 53.3. The summed E-state index contributed by atoms with van der Waals surface area (Å²) in [5.74, 6) is 6.11. The van der Waals surface area contributed by atoms with Gasteiger partial charge in [0.2, 0.25) is 0 Å². The Kier molecular flexibility index (Phi) is 6.28. The zero-order valence-electron chi connectivity index (χ0n) is 16.6. The van der Waals surface area contributed by atoms with Gasteiger partial charge in [-0.15, -0.1) is 6.42 Å². The van der Waals surface area contributed by atoms with Crippen molar-refractivity contribution in [2.45, 2.75) is 19.1 Å². The average molecular weight is 420 g/mol. The van der Waals surface area contributed by atoms with Crippen LogP contribution in [-0.4, -0.2) is 19.5 Å². The van der Waals surface area contributed by atoms with Gasteiger partial charge in [0.25, 0.3) is 0 Å². The average Bonchev–Trinajstić information content (AvgIpc) is 2.77. The van der Waals surface area contributed by atoms with Crippen LogP contribution in [0.4, 0.5) is 13.2 Å². The minimum atomic E-state index is -0.719. The van der Waals surface area contributed by atoms with E-state index in [4.69, 9.17) is 15.9 Å². The molecular weight excluding hydrogens is 401 g/mol. The summed E-state index contributed by atoms with van der Waals surface area (Å²) >= 11 is 0. The van der Waals surface area contributed by atoms with E-state index in [0.29, 0.717) is 37.2 Å². The fraction of sp³-hybridized carbons (Fsp3) is 0.231. The van der Waals surface area contributed by atoms with Crippen LogP contribution in [0.3, 0.4) is 0 Å². The lowest BCUT2D eigenvalue weighted by atomic mass is 10.0. The second-order valence-corrected chi connectivity index (χ2v) is 7.39. The molecule has 0 atom stereocenters. The third kappa shape index (κ3) is 5.09. The molecule has 3 aromatic rings. The van der Waals surface area contributed by atoms with Crippen molar-refractivity contribution >= 4 is 10.8 Å². The quantitative estimate of drug-likeness (QED) is 0.542. The smallest absolute Gasteiger partial charge is 0.158 e. The van der Waals surface area contributed by atoms with Gasteiger partial charge in [0, 0.05) is 12.0 Å². The number of hydrogen-bond acceptors (Lipinski definition) is 2. The van der Waals surface area contributed by atoms with E-state index in [1.165, 1.54) is 24.3 Å². The third-order valence-corrected chi connectivity index (χ3v) is 5.11. The Morgan fingerprint density at radius 3 is 2.26 bits per heavy atom. The maximum atomic E-state index is 14.5. The molecule has 2 nitrogen and oxygen atoms in total. The molecule has 0 N–H and O–H groups in total. The van der Waals surface area contributed by atoms with Crippen molar-refractivity contribution in [2.24, 2.45) is 5.92 Å². The largest absolute Gasteiger partial charge is 0.351 e. The summed E-state index contributed by atoms with van der Waals surface area (Å²) in [5, 5.41) is 1.53. The van der Waals surface area contributed by atoms with Gasteiger partial charge in [0.1, 0.15) is 17.5 Å². The molecule has 4 rings (SSSR count). The second-order valence-electron chi connectivity index (χ2n) is 7.39. The first-order valence-electron chi connectivity index (χ1n) is 9.90. The molecule has 0 aromatic heterocycles. The first-order valence-corrected chi connectivity index (χ1v) is 9.90. The number of aryl methyl sites for hydroxylation is 1. The molecule has 1 heterocycles. The summed E-state index contributed by atoms with van der Waals surface area (Å²) in [6.45, 7) is 0.838. The summed E-state index contributed by atoms with van der Waals surface area (Å²) in [6, 6.07) is 12.1. The van der Waals surface area contributed by atoms with Gasteiger partial charge in [-0.2, -0.15) is 0 Å². The maximum absolute atomic E-state index is 14.5. The van der Waals surface area contributed by atoms with Gasteiger partial charge < -0.3 is 9.47 Å². The van der Waals surface area contributed by atoms with Crippen molar-refractivity contribution in [2.75, 3.05) is 13.2 Å². The van der Waals surface area contributed by atoms with Gasteiger partial charge in [-0.1, -0.05) is 29.9 Å². The molecule has 0 spiro atoms. The Bertz CT molecular complexity index is 1190. The van der Waals surface area contributed by atoms with Crippen LogP contribution in [0, 0.1) is 47.6 Å². The van der Waals surface area contributed by atoms with Crippen LogP contribution >= 0.6 is 0 Å². The monoisotopic (exact) mass is 420 g/mol. The molecule has 3 aromatic carbocycles. The summed E-state index contributed by atoms with van der Waals surface area (Å²) in [6.07, 6.45) is 5.77. The number of halogens is 3. The van der Waals surface area contributed by atoms with E-state index in [2.05, 4.69) is 17.8 Å². The lowest BCUT2D eigenvalue weighted by Crippen LogP contribution is -2.31. The molecule has 0 amide bonds. The van der Waals surface area contributed by atoms with Gasteiger partial charge in [0.15, 0.2) is 6.29 Å². The van der Waals surface area contributed by atoms with E-state index < -0.39 is 17.9 Å². The van der Waals surface area contributed by atoms with Crippen LogP contribution in [0.2, 0.25) is 0 Å². The van der Waals surface area contributed by atoms with E-state index in [0.717, 1.165) is 10.8 Å². The zero-order valence-corrected chi connectivity index (χ0v) is 16.6. The van der Waals surface area contributed by atoms with Crippen LogP contribution in [-0.2, 0) is 15.9 Å². The highest BCUT2D eigenvalue weighted by Gasteiger charge is 2.21. The number of hydrogen-bond donors (Lipinski definition) is 0. The molecule has 0 aliphatic carbocycles. The molecule has 1 fully saturated rings. The number of benzene rings is 3. The van der Waals surface area contributed by atoms with E-state index in [1.807, 2.05) is 0 Å². The second kappa shape index (κ2) is 9.27. The van der Waals surface area contributed by atoms with Crippen molar-refractivity contribution in [1.29, 1.82) is 0 Å². The van der Waals surface area contributed by atoms with Crippen LogP contribution in [0.15, 0.2) is 48.5 Å². The Morgan fingerprint density at radius 2 is 1.55 bits per heavy atom. The molecule has 0 saturated carbocycles. The molecule has 1 aliphatic heterocycles. The fourth-order valence-electron chi connectivity index (χ4n) is 3.41. The highest BCUT2D eigenvalue weighted by Crippen LogP contribution is 2.20. The number of rotatable bonds is 3. The van der Waals surface area contributed by atoms with Crippen molar-refractivity contribution in [3.8, 4) is 24.2 Å². The standard InChI is InChI=1S/C26H19F3O2/c1-2-17-15-30-26(31-16-17)10-5-19-12-24(28)23(25(29)13-19)9-4-18-3-6-21-14-22(27)8-7-20(21)11-18/h1,3,6-8,11-14,17,26H,5,10,15-16H2. The van der Waals surface area contributed by atoms with E-state index in [-0.39, 0.29) is 17.3 Å². The Hall–Kier alpha value is -3.25. The van der Waals surface area contributed by atoms with Gasteiger partial charge in [0.05, 0.1) is 24.7 Å². The maximum Gasteiger partial charge on any atom is 0.158 e. The minimum absolute atomic E-state index is 0.0623. The van der Waals surface area contributed by atoms with E-state index in [1.54, 1.807) is 24.3 Å². The molecule has 31 heavy (non-hydrogen) atoms. The molecule has 5 heteroatoms. The number of terminal acetylenes is 1. The van der Waals surface area contributed by atoms with Crippen molar-refractivity contribution < 1.29 is 22.6 Å². The van der Waals surface area contributed by atoms with E-state index >= 15 is 0 Å². The minimum Gasteiger partial charge on any atom is -0.351 e. The van der Waals surface area contributed by atoms with Gasteiger partial charge >= 0.3 is 0 Å². The molecule has 0 unspecified atom stereocenters. The van der Waals surface area contributed by atoms with Crippen LogP contribution in [0.5, 0.6) is 0 Å². The molecule has 0 bridgehead atoms. The van der Waals surface area contributed by atoms with E-state index in [9.17, 15) is 13.2 Å². The fourth-order valence-corrected chi connectivity index (χ4v) is 3.41. The van der Waals surface area contributed by atoms with Crippen LogP contribution in [0.1, 0.15) is 23.1 Å². The molecular formula is C26H19F3O2. The lowest BCUT2D eigenvalue weighted by Gasteiger charge is -2.26. The predicted molar refractivity (Wildman–Crippen MR) is 113 cm³/mol. The van der Waals surface area contributed by atoms with Crippen molar-refractivity contribution in [1.82, 2.24) is 0 Å². The van der Waals surface area contributed by atoms with Crippen molar-refractivity contribution in [3.63, 3.8) is 0 Å². The van der Waals surface area contributed by atoms with Crippen LogP contribution in [0.25, 0.3) is 10.8 Å². The Balaban J connectivity index is 1.46. The summed E-state index contributed by atoms with van der Waals surface area (Å²) in [7, 11) is 0. The normalized spacial score (nSPS) is 18.3. The Morgan fingerprint density at radius 1 is 0.871 bits per heavy atom. The molecule has 1 aliphatic rings. The van der Waals surface area contributed by atoms with Crippen molar-refractivity contribution in [3.05, 3.63) is 82.7 Å². The number of ether oxygens (including phenoxy) is 2. The zero-order chi connectivity index (χ0) is 21.8. The lowest BCUT2D eigenvalue weighted by molar-refractivity contribution is -0.193. The van der Waals surface area contributed by atoms with Gasteiger partial charge in [-0.05, 0) is 59.2 Å². The number of fused-ring (bicyclic) bond motifs is 1. The molecule has 0 radical (unpaired) electrons.